The van der Waals surface area contributed by atoms with Crippen molar-refractivity contribution in [2.24, 2.45) is 0 Å². The monoisotopic (exact) mass is 344 g/mol. The molecule has 2 atom stereocenters. The molecular weight excluding hydrogens is 318 g/mol. The first-order valence-electron chi connectivity index (χ1n) is 8.48. The van der Waals surface area contributed by atoms with E-state index in [9.17, 15) is 4.79 Å². The summed E-state index contributed by atoms with van der Waals surface area (Å²) in [6.07, 6.45) is 1.09. The number of anilines is 1. The van der Waals surface area contributed by atoms with E-state index in [-0.39, 0.29) is 5.91 Å². The molecule has 1 aliphatic heterocycles. The molecular formula is C19H26N3OS+. The molecule has 4 nitrogen and oxygen atoms in total. The fourth-order valence-corrected chi connectivity index (χ4v) is 4.25. The highest BCUT2D eigenvalue weighted by atomic mass is 32.1. The van der Waals surface area contributed by atoms with E-state index in [0.717, 1.165) is 18.5 Å². The van der Waals surface area contributed by atoms with Gasteiger partial charge in [0.25, 0.3) is 5.91 Å². The summed E-state index contributed by atoms with van der Waals surface area (Å²) in [6, 6.07) is 10.9. The molecule has 1 aromatic heterocycles. The van der Waals surface area contributed by atoms with Gasteiger partial charge in [-0.1, -0.05) is 12.1 Å². The topological polar surface area (TPSA) is 36.8 Å². The summed E-state index contributed by atoms with van der Waals surface area (Å²) in [7, 11) is 4.05. The Morgan fingerprint density at radius 2 is 2.04 bits per heavy atom. The second kappa shape index (κ2) is 7.36. The Balaban J connectivity index is 1.51. The van der Waals surface area contributed by atoms with Crippen LogP contribution in [-0.2, 0) is 17.8 Å². The number of quaternary nitrogens is 1. The minimum atomic E-state index is 0.132. The van der Waals surface area contributed by atoms with Gasteiger partial charge in [0.1, 0.15) is 6.04 Å². The van der Waals surface area contributed by atoms with E-state index in [1.54, 1.807) is 0 Å². The predicted molar refractivity (Wildman–Crippen MR) is 99.8 cm³/mol. The molecule has 0 bridgehead atoms. The third-order valence-corrected chi connectivity index (χ3v) is 5.86. The molecule has 0 saturated carbocycles. The van der Waals surface area contributed by atoms with Crippen LogP contribution in [0.5, 0.6) is 0 Å². The van der Waals surface area contributed by atoms with Gasteiger partial charge in [-0.05, 0) is 36.1 Å². The lowest BCUT2D eigenvalue weighted by Crippen LogP contribution is -3.14. The van der Waals surface area contributed by atoms with Crippen LogP contribution < -0.4 is 15.1 Å². The Morgan fingerprint density at radius 1 is 1.29 bits per heavy atom. The Morgan fingerprint density at radius 3 is 2.75 bits per heavy atom. The summed E-state index contributed by atoms with van der Waals surface area (Å²) < 4.78 is 0. The van der Waals surface area contributed by atoms with Crippen molar-refractivity contribution in [2.75, 3.05) is 32.1 Å². The average Bonchev–Trinajstić information content (AvgIpc) is 3.05. The summed E-state index contributed by atoms with van der Waals surface area (Å²) in [5.41, 5.74) is 3.73. The van der Waals surface area contributed by atoms with Gasteiger partial charge in [0.15, 0.2) is 6.54 Å². The van der Waals surface area contributed by atoms with Crippen LogP contribution in [0.2, 0.25) is 0 Å². The maximum Gasteiger partial charge on any atom is 0.275 e. The summed E-state index contributed by atoms with van der Waals surface area (Å²) in [4.78, 5) is 17.2. The highest BCUT2D eigenvalue weighted by molar-refractivity contribution is 7.10. The van der Waals surface area contributed by atoms with Gasteiger partial charge in [-0.25, -0.2) is 0 Å². The summed E-state index contributed by atoms with van der Waals surface area (Å²) in [6.45, 7) is 4.41. The summed E-state index contributed by atoms with van der Waals surface area (Å²) in [5, 5.41) is 5.23. The number of thiophene rings is 1. The van der Waals surface area contributed by atoms with E-state index >= 15 is 0 Å². The third kappa shape index (κ3) is 3.79. The first-order valence-corrected chi connectivity index (χ1v) is 9.36. The third-order valence-electron chi connectivity index (χ3n) is 4.86. The summed E-state index contributed by atoms with van der Waals surface area (Å²) >= 11 is 1.84. The maximum atomic E-state index is 12.3. The second-order valence-corrected chi connectivity index (χ2v) is 7.69. The largest absolute Gasteiger partial charge is 0.378 e. The van der Waals surface area contributed by atoms with Crippen LogP contribution in [0.25, 0.3) is 0 Å². The molecule has 2 aromatic rings. The Kier molecular flexibility index (Phi) is 5.21. The van der Waals surface area contributed by atoms with Gasteiger partial charge < -0.3 is 15.1 Å². The first-order chi connectivity index (χ1) is 11.5. The number of hydrogen-bond acceptors (Lipinski definition) is 3. The molecule has 1 unspecified atom stereocenters. The van der Waals surface area contributed by atoms with Crippen molar-refractivity contribution in [1.29, 1.82) is 0 Å². The number of carbonyl (C=O) groups excluding carboxylic acids is 1. The first kappa shape index (κ1) is 17.0. The van der Waals surface area contributed by atoms with Gasteiger partial charge in [0.05, 0.1) is 6.54 Å². The fraction of sp³-hybridized carbons (Fsp3) is 0.421. The van der Waals surface area contributed by atoms with E-state index in [1.807, 2.05) is 25.4 Å². The molecule has 1 amide bonds. The van der Waals surface area contributed by atoms with Crippen molar-refractivity contribution >= 4 is 22.9 Å². The molecule has 1 aliphatic rings. The minimum Gasteiger partial charge on any atom is -0.378 e. The van der Waals surface area contributed by atoms with Gasteiger partial charge in [-0.15, -0.1) is 11.3 Å². The minimum absolute atomic E-state index is 0.132. The molecule has 3 rings (SSSR count). The molecule has 128 valence electrons. The number of fused-ring (bicyclic) bond motifs is 1. The van der Waals surface area contributed by atoms with E-state index in [0.29, 0.717) is 19.1 Å². The van der Waals surface area contributed by atoms with Crippen molar-refractivity contribution < 1.29 is 9.69 Å². The zero-order chi connectivity index (χ0) is 17.1. The number of nitrogens with zero attached hydrogens (tertiary/aromatic N) is 1. The van der Waals surface area contributed by atoms with Crippen molar-refractivity contribution in [3.05, 3.63) is 51.7 Å². The van der Waals surface area contributed by atoms with E-state index in [1.165, 1.54) is 21.0 Å². The summed E-state index contributed by atoms with van der Waals surface area (Å²) in [5.74, 6) is 0.132. The molecule has 0 spiro atoms. The lowest BCUT2D eigenvalue weighted by molar-refractivity contribution is -0.924. The zero-order valence-electron chi connectivity index (χ0n) is 14.6. The highest BCUT2D eigenvalue weighted by Gasteiger charge is 2.29. The van der Waals surface area contributed by atoms with Gasteiger partial charge in [0, 0.05) is 43.2 Å². The number of rotatable bonds is 5. The number of benzene rings is 1. The van der Waals surface area contributed by atoms with Gasteiger partial charge >= 0.3 is 0 Å². The lowest BCUT2D eigenvalue weighted by atomic mass is 10.0. The van der Waals surface area contributed by atoms with Crippen LogP contribution >= 0.6 is 11.3 Å². The maximum absolute atomic E-state index is 12.3. The van der Waals surface area contributed by atoms with Crippen LogP contribution in [0, 0.1) is 0 Å². The molecule has 2 N–H and O–H groups in total. The van der Waals surface area contributed by atoms with Crippen LogP contribution in [0.15, 0.2) is 35.7 Å². The zero-order valence-corrected chi connectivity index (χ0v) is 15.5. The quantitative estimate of drug-likeness (QED) is 0.865. The van der Waals surface area contributed by atoms with E-state index in [2.05, 4.69) is 52.9 Å². The number of hydrogen-bond donors (Lipinski definition) is 2. The van der Waals surface area contributed by atoms with Gasteiger partial charge in [0.2, 0.25) is 0 Å². The smallest absolute Gasteiger partial charge is 0.275 e. The van der Waals surface area contributed by atoms with Crippen LogP contribution in [0.1, 0.15) is 29.0 Å². The van der Waals surface area contributed by atoms with Crippen molar-refractivity contribution in [3.8, 4) is 0 Å². The molecule has 2 heterocycles. The fourth-order valence-electron chi connectivity index (χ4n) is 3.27. The van der Waals surface area contributed by atoms with Crippen LogP contribution in [0.4, 0.5) is 5.69 Å². The molecule has 24 heavy (non-hydrogen) atoms. The predicted octanol–water partition coefficient (Wildman–Crippen LogP) is 1.63. The Hall–Kier alpha value is -1.85. The molecule has 5 heteroatoms. The number of nitrogens with one attached hydrogen (secondary N) is 2. The van der Waals surface area contributed by atoms with Crippen molar-refractivity contribution in [2.45, 2.75) is 25.9 Å². The van der Waals surface area contributed by atoms with Gasteiger partial charge in [-0.3, -0.25) is 4.79 Å². The second-order valence-electron chi connectivity index (χ2n) is 6.69. The SMILES string of the molecule is C[C@@H]1c2ccsc2CC[NH+]1CC(=O)NCc1ccc(N(C)C)cc1. The normalized spacial score (nSPS) is 19.6. The molecule has 1 aromatic carbocycles. The van der Waals surface area contributed by atoms with E-state index in [4.69, 9.17) is 0 Å². The molecule has 0 aliphatic carbocycles. The standard InChI is InChI=1S/C19H25N3OS/c1-14-17-9-11-24-18(17)8-10-22(14)13-19(23)20-12-15-4-6-16(7-5-15)21(2)3/h4-7,9,11,14H,8,10,12-13H2,1-3H3,(H,20,23)/p+1/t14-/m1/s1. The molecule has 0 radical (unpaired) electrons. The van der Waals surface area contributed by atoms with Gasteiger partial charge in [-0.2, -0.15) is 0 Å². The Labute approximate surface area is 148 Å². The number of carbonyl (C=O) groups is 1. The molecule has 0 fully saturated rings. The number of amides is 1. The average molecular weight is 345 g/mol. The van der Waals surface area contributed by atoms with Crippen LogP contribution in [-0.4, -0.2) is 33.1 Å². The van der Waals surface area contributed by atoms with Crippen molar-refractivity contribution in [3.63, 3.8) is 0 Å². The van der Waals surface area contributed by atoms with Crippen LogP contribution in [0.3, 0.4) is 0 Å². The van der Waals surface area contributed by atoms with Crippen molar-refractivity contribution in [1.82, 2.24) is 5.32 Å². The highest BCUT2D eigenvalue weighted by Crippen LogP contribution is 2.24. The Bertz CT molecular complexity index is 693. The lowest BCUT2D eigenvalue weighted by Gasteiger charge is -2.29. The van der Waals surface area contributed by atoms with E-state index < -0.39 is 0 Å². The molecule has 0 saturated heterocycles.